The minimum Gasteiger partial charge on any atom is -0.491 e. The van der Waals surface area contributed by atoms with Crippen LogP contribution in [0.15, 0.2) is 24.3 Å². The van der Waals surface area contributed by atoms with E-state index in [1.165, 1.54) is 0 Å². The molecule has 1 unspecified atom stereocenters. The van der Waals surface area contributed by atoms with Crippen LogP contribution < -0.4 is 10.5 Å². The maximum Gasteiger partial charge on any atom is 0.303 e. The maximum absolute atomic E-state index is 11.0. The molecule has 0 bridgehead atoms. The first-order valence-electron chi connectivity index (χ1n) is 6.15. The lowest BCUT2D eigenvalue weighted by Crippen LogP contribution is -2.17. The summed E-state index contributed by atoms with van der Waals surface area (Å²) in [5.41, 5.74) is 5.92. The van der Waals surface area contributed by atoms with Crippen LogP contribution in [0.5, 0.6) is 5.75 Å². The molecule has 0 aromatic heterocycles. The summed E-state index contributed by atoms with van der Waals surface area (Å²) in [5.74, 6) is -1.14. The number of primary amides is 1. The van der Waals surface area contributed by atoms with Gasteiger partial charge in [0.15, 0.2) is 0 Å². The van der Waals surface area contributed by atoms with Crippen molar-refractivity contribution in [1.82, 2.24) is 0 Å². The van der Waals surface area contributed by atoms with Crippen molar-refractivity contribution in [2.75, 3.05) is 0 Å². The normalized spacial score (nSPS) is 12.2. The molecule has 0 radical (unpaired) electrons. The van der Waals surface area contributed by atoms with Crippen LogP contribution in [-0.4, -0.2) is 23.1 Å². The van der Waals surface area contributed by atoms with E-state index in [0.29, 0.717) is 5.75 Å². The van der Waals surface area contributed by atoms with Gasteiger partial charge in [-0.25, -0.2) is 0 Å². The second-order valence-electron chi connectivity index (χ2n) is 4.70. The fourth-order valence-corrected chi connectivity index (χ4v) is 1.85. The number of hydrogen-bond donors (Lipinski definition) is 2. The predicted molar refractivity (Wildman–Crippen MR) is 71.0 cm³/mol. The van der Waals surface area contributed by atoms with E-state index < -0.39 is 17.8 Å². The molecule has 1 aromatic rings. The number of carbonyl (C=O) groups is 2. The number of hydrogen-bond acceptors (Lipinski definition) is 3. The van der Waals surface area contributed by atoms with E-state index in [4.69, 9.17) is 15.6 Å². The van der Waals surface area contributed by atoms with Crippen LogP contribution >= 0.6 is 0 Å². The van der Waals surface area contributed by atoms with Gasteiger partial charge in [0.25, 0.3) is 0 Å². The number of ether oxygens (including phenoxy) is 1. The van der Waals surface area contributed by atoms with Crippen molar-refractivity contribution in [2.24, 2.45) is 5.73 Å². The first-order valence-corrected chi connectivity index (χ1v) is 6.15. The zero-order valence-corrected chi connectivity index (χ0v) is 11.1. The molecule has 5 nitrogen and oxygen atoms in total. The van der Waals surface area contributed by atoms with Crippen LogP contribution in [0.2, 0.25) is 0 Å². The number of carboxylic acid groups (broad SMARTS) is 1. The number of amides is 1. The fourth-order valence-electron chi connectivity index (χ4n) is 1.85. The van der Waals surface area contributed by atoms with Gasteiger partial charge in [-0.2, -0.15) is 0 Å². The van der Waals surface area contributed by atoms with Gasteiger partial charge in [0.2, 0.25) is 5.91 Å². The van der Waals surface area contributed by atoms with Crippen molar-refractivity contribution in [3.63, 3.8) is 0 Å². The van der Waals surface area contributed by atoms with Crippen molar-refractivity contribution in [3.05, 3.63) is 29.8 Å². The highest BCUT2D eigenvalue weighted by Gasteiger charge is 2.18. The summed E-state index contributed by atoms with van der Waals surface area (Å²) < 4.78 is 5.50. The molecular weight excluding hydrogens is 246 g/mol. The lowest BCUT2D eigenvalue weighted by molar-refractivity contribution is -0.137. The minimum absolute atomic E-state index is 0.0245. The van der Waals surface area contributed by atoms with Gasteiger partial charge in [0.1, 0.15) is 5.75 Å². The number of benzene rings is 1. The highest BCUT2D eigenvalue weighted by atomic mass is 16.5. The molecule has 5 heteroatoms. The molecule has 19 heavy (non-hydrogen) atoms. The third-order valence-corrected chi connectivity index (χ3v) is 2.59. The summed E-state index contributed by atoms with van der Waals surface area (Å²) in [6.45, 7) is 3.85. The average molecular weight is 265 g/mol. The Morgan fingerprint density at radius 1 is 1.21 bits per heavy atom. The topological polar surface area (TPSA) is 89.6 Å². The van der Waals surface area contributed by atoms with Gasteiger partial charge in [0, 0.05) is 12.3 Å². The Balaban J connectivity index is 2.83. The van der Waals surface area contributed by atoms with Crippen LogP contribution in [0.1, 0.15) is 38.2 Å². The first kappa shape index (κ1) is 15.0. The molecule has 0 saturated heterocycles. The number of nitrogens with two attached hydrogens (primary N) is 1. The van der Waals surface area contributed by atoms with E-state index in [9.17, 15) is 9.59 Å². The molecule has 0 heterocycles. The smallest absolute Gasteiger partial charge is 0.303 e. The van der Waals surface area contributed by atoms with Gasteiger partial charge in [0.05, 0.1) is 12.5 Å². The molecule has 1 aromatic carbocycles. The van der Waals surface area contributed by atoms with E-state index in [2.05, 4.69) is 0 Å². The van der Waals surface area contributed by atoms with E-state index >= 15 is 0 Å². The lowest BCUT2D eigenvalue weighted by atomic mass is 9.92. The Morgan fingerprint density at radius 3 is 2.21 bits per heavy atom. The van der Waals surface area contributed by atoms with Crippen LogP contribution in [0.3, 0.4) is 0 Å². The molecule has 0 aliphatic rings. The number of carbonyl (C=O) groups excluding carboxylic acids is 1. The quantitative estimate of drug-likeness (QED) is 0.788. The van der Waals surface area contributed by atoms with Gasteiger partial charge in [-0.15, -0.1) is 0 Å². The Bertz CT molecular complexity index is 423. The third kappa shape index (κ3) is 5.42. The standard InChI is InChI=1S/C14H19NO4/c1-9(2)19-12-5-3-10(4-6-12)11(7-13(15)16)8-14(17)18/h3-6,9,11H,7-8H2,1-2H3,(H2,15,16)(H,17,18). The SMILES string of the molecule is CC(C)Oc1ccc(C(CC(N)=O)CC(=O)O)cc1. The zero-order valence-electron chi connectivity index (χ0n) is 11.1. The number of carboxylic acids is 1. The molecule has 0 aliphatic carbocycles. The molecule has 1 amide bonds. The summed E-state index contributed by atoms with van der Waals surface area (Å²) in [5, 5.41) is 8.85. The third-order valence-electron chi connectivity index (χ3n) is 2.59. The predicted octanol–water partition coefficient (Wildman–Crippen LogP) is 1.91. The first-order chi connectivity index (χ1) is 8.88. The van der Waals surface area contributed by atoms with Gasteiger partial charge in [-0.1, -0.05) is 12.1 Å². The van der Waals surface area contributed by atoms with E-state index in [1.807, 2.05) is 13.8 Å². The highest BCUT2D eigenvalue weighted by Crippen LogP contribution is 2.25. The fraction of sp³-hybridized carbons (Fsp3) is 0.429. The molecule has 0 fully saturated rings. The Morgan fingerprint density at radius 2 is 1.79 bits per heavy atom. The Kier molecular flexibility index (Phi) is 5.36. The summed E-state index contributed by atoms with van der Waals surface area (Å²) in [6, 6.07) is 7.08. The highest BCUT2D eigenvalue weighted by molar-refractivity contribution is 5.76. The molecular formula is C14H19NO4. The Labute approximate surface area is 112 Å². The molecule has 0 spiro atoms. The number of aliphatic carboxylic acids is 1. The van der Waals surface area contributed by atoms with Crippen LogP contribution in [0, 0.1) is 0 Å². The summed E-state index contributed by atoms with van der Waals surface area (Å²) in [7, 11) is 0. The van der Waals surface area contributed by atoms with Crippen molar-refractivity contribution in [1.29, 1.82) is 0 Å². The van der Waals surface area contributed by atoms with Crippen LogP contribution in [-0.2, 0) is 9.59 Å². The second kappa shape index (κ2) is 6.78. The minimum atomic E-state index is -0.950. The van der Waals surface area contributed by atoms with Gasteiger partial charge in [-0.3, -0.25) is 9.59 Å². The number of rotatable bonds is 7. The van der Waals surface area contributed by atoms with Crippen molar-refractivity contribution < 1.29 is 19.4 Å². The second-order valence-corrected chi connectivity index (χ2v) is 4.70. The van der Waals surface area contributed by atoms with E-state index in [0.717, 1.165) is 5.56 Å². The largest absolute Gasteiger partial charge is 0.491 e. The van der Waals surface area contributed by atoms with Crippen molar-refractivity contribution in [3.8, 4) is 5.75 Å². The summed E-state index contributed by atoms with van der Waals surface area (Å²) in [6.07, 6.45) is -0.0180. The van der Waals surface area contributed by atoms with E-state index in [1.54, 1.807) is 24.3 Å². The molecule has 104 valence electrons. The molecule has 0 aliphatic heterocycles. The van der Waals surface area contributed by atoms with Crippen molar-refractivity contribution in [2.45, 2.75) is 38.7 Å². The van der Waals surface area contributed by atoms with Crippen LogP contribution in [0.4, 0.5) is 0 Å². The summed E-state index contributed by atoms with van der Waals surface area (Å²) in [4.78, 5) is 21.8. The van der Waals surface area contributed by atoms with Gasteiger partial charge >= 0.3 is 5.97 Å². The zero-order chi connectivity index (χ0) is 14.4. The molecule has 3 N–H and O–H groups in total. The maximum atomic E-state index is 11.0. The van der Waals surface area contributed by atoms with Gasteiger partial charge in [-0.05, 0) is 31.5 Å². The van der Waals surface area contributed by atoms with E-state index in [-0.39, 0.29) is 18.9 Å². The molecule has 1 rings (SSSR count). The van der Waals surface area contributed by atoms with Crippen molar-refractivity contribution >= 4 is 11.9 Å². The van der Waals surface area contributed by atoms with Crippen LogP contribution in [0.25, 0.3) is 0 Å². The summed E-state index contributed by atoms with van der Waals surface area (Å²) >= 11 is 0. The monoisotopic (exact) mass is 265 g/mol. The van der Waals surface area contributed by atoms with Gasteiger partial charge < -0.3 is 15.6 Å². The lowest BCUT2D eigenvalue weighted by Gasteiger charge is -2.15. The molecule has 0 saturated carbocycles. The average Bonchev–Trinajstić information content (AvgIpc) is 2.27. The Hall–Kier alpha value is -2.04. The molecule has 1 atom stereocenters.